The van der Waals surface area contributed by atoms with Crippen LogP contribution in [0.25, 0.3) is 0 Å². The van der Waals surface area contributed by atoms with Crippen LogP contribution in [0.3, 0.4) is 0 Å². The summed E-state index contributed by atoms with van der Waals surface area (Å²) in [5, 5.41) is 3.54. The summed E-state index contributed by atoms with van der Waals surface area (Å²) in [5.74, 6) is 0. The quantitative estimate of drug-likeness (QED) is 0.772. The van der Waals surface area contributed by atoms with Crippen molar-refractivity contribution in [1.82, 2.24) is 0 Å². The highest BCUT2D eigenvalue weighted by atomic mass is 79.9. The molecule has 1 unspecified atom stereocenters. The summed E-state index contributed by atoms with van der Waals surface area (Å²) in [5.41, 5.74) is 8.91. The number of thiocarbonyl (C=S) groups is 1. The summed E-state index contributed by atoms with van der Waals surface area (Å²) in [6, 6.07) is 16.5. The van der Waals surface area contributed by atoms with Crippen molar-refractivity contribution in [3.05, 3.63) is 64.1 Å². The molecule has 0 aliphatic heterocycles. The lowest BCUT2D eigenvalue weighted by Gasteiger charge is -2.21. The fourth-order valence-corrected chi connectivity index (χ4v) is 3.12. The minimum absolute atomic E-state index is 0.235. The third-order valence-electron chi connectivity index (χ3n) is 3.20. The second kappa shape index (κ2) is 6.86. The second-order valence-corrected chi connectivity index (χ2v) is 5.84. The minimum Gasteiger partial charge on any atom is -0.389 e. The van der Waals surface area contributed by atoms with Crippen molar-refractivity contribution in [2.75, 3.05) is 5.32 Å². The van der Waals surface area contributed by atoms with Crippen LogP contribution in [0, 0.1) is 0 Å². The van der Waals surface area contributed by atoms with Gasteiger partial charge in [-0.1, -0.05) is 55.5 Å². The van der Waals surface area contributed by atoms with Crippen LogP contribution in [0.15, 0.2) is 53.0 Å². The van der Waals surface area contributed by atoms with Gasteiger partial charge >= 0.3 is 0 Å². The van der Waals surface area contributed by atoms with E-state index in [9.17, 15) is 0 Å². The summed E-state index contributed by atoms with van der Waals surface area (Å²) in [6.07, 6.45) is 0.979. The Morgan fingerprint density at radius 2 is 1.90 bits per heavy atom. The number of hydrogen-bond acceptors (Lipinski definition) is 2. The van der Waals surface area contributed by atoms with Gasteiger partial charge in [0.1, 0.15) is 4.99 Å². The Labute approximate surface area is 133 Å². The standard InChI is InChI=1S/C16H17BrN2S/c1-2-13(11-7-4-3-5-8-11)19-14-10-6-9-12(17)15(14)16(18)20/h3-10,13,19H,2H2,1H3,(H2,18,20). The molecule has 104 valence electrons. The van der Waals surface area contributed by atoms with E-state index in [4.69, 9.17) is 18.0 Å². The van der Waals surface area contributed by atoms with Crippen LogP contribution in [-0.2, 0) is 0 Å². The molecule has 2 aromatic carbocycles. The van der Waals surface area contributed by atoms with E-state index in [0.717, 1.165) is 22.1 Å². The molecule has 0 spiro atoms. The Kier molecular flexibility index (Phi) is 5.15. The van der Waals surface area contributed by atoms with Gasteiger partial charge in [-0.3, -0.25) is 0 Å². The fourth-order valence-electron chi connectivity index (χ4n) is 2.19. The topological polar surface area (TPSA) is 38.0 Å². The molecule has 1 atom stereocenters. The number of hydrogen-bond donors (Lipinski definition) is 2. The highest BCUT2D eigenvalue weighted by Gasteiger charge is 2.14. The molecule has 20 heavy (non-hydrogen) atoms. The average molecular weight is 349 g/mol. The molecule has 0 aromatic heterocycles. The van der Waals surface area contributed by atoms with Crippen molar-refractivity contribution in [1.29, 1.82) is 0 Å². The number of nitrogens with two attached hydrogens (primary N) is 1. The third kappa shape index (κ3) is 3.38. The van der Waals surface area contributed by atoms with Crippen LogP contribution >= 0.6 is 28.1 Å². The summed E-state index contributed by atoms with van der Waals surface area (Å²) < 4.78 is 0.915. The maximum Gasteiger partial charge on any atom is 0.107 e. The minimum atomic E-state index is 0.235. The van der Waals surface area contributed by atoms with Crippen LogP contribution in [0.5, 0.6) is 0 Å². The average Bonchev–Trinajstić information content (AvgIpc) is 2.45. The first-order valence-electron chi connectivity index (χ1n) is 6.53. The molecule has 0 heterocycles. The van der Waals surface area contributed by atoms with Gasteiger partial charge in [-0.15, -0.1) is 0 Å². The maximum absolute atomic E-state index is 5.83. The van der Waals surface area contributed by atoms with Gasteiger partial charge in [0.15, 0.2) is 0 Å². The molecule has 2 rings (SSSR count). The zero-order valence-corrected chi connectivity index (χ0v) is 13.7. The van der Waals surface area contributed by atoms with Gasteiger partial charge in [-0.2, -0.15) is 0 Å². The highest BCUT2D eigenvalue weighted by Crippen LogP contribution is 2.29. The van der Waals surface area contributed by atoms with E-state index >= 15 is 0 Å². The predicted molar refractivity (Wildman–Crippen MR) is 93.1 cm³/mol. The van der Waals surface area contributed by atoms with Gasteiger partial charge < -0.3 is 11.1 Å². The summed E-state index contributed by atoms with van der Waals surface area (Å²) in [6.45, 7) is 2.16. The Bertz CT molecular complexity index is 599. The molecule has 0 fully saturated rings. The summed E-state index contributed by atoms with van der Waals surface area (Å²) in [7, 11) is 0. The Morgan fingerprint density at radius 1 is 1.20 bits per heavy atom. The van der Waals surface area contributed by atoms with E-state index < -0.39 is 0 Å². The normalized spacial score (nSPS) is 11.9. The molecule has 0 aliphatic rings. The molecule has 4 heteroatoms. The summed E-state index contributed by atoms with van der Waals surface area (Å²) in [4.78, 5) is 0.392. The van der Waals surface area contributed by atoms with E-state index in [0.29, 0.717) is 4.99 Å². The monoisotopic (exact) mass is 348 g/mol. The molecule has 2 nitrogen and oxygen atoms in total. The zero-order chi connectivity index (χ0) is 14.5. The smallest absolute Gasteiger partial charge is 0.107 e. The van der Waals surface area contributed by atoms with Crippen LogP contribution < -0.4 is 11.1 Å². The van der Waals surface area contributed by atoms with E-state index in [1.807, 2.05) is 24.3 Å². The van der Waals surface area contributed by atoms with Crippen molar-refractivity contribution in [3.63, 3.8) is 0 Å². The van der Waals surface area contributed by atoms with Gasteiger partial charge in [0.25, 0.3) is 0 Å². The van der Waals surface area contributed by atoms with Gasteiger partial charge in [0.2, 0.25) is 0 Å². The van der Waals surface area contributed by atoms with E-state index in [2.05, 4.69) is 52.4 Å². The molecule has 0 amide bonds. The molecular weight excluding hydrogens is 332 g/mol. The molecule has 2 aromatic rings. The van der Waals surface area contributed by atoms with E-state index in [1.165, 1.54) is 5.56 Å². The van der Waals surface area contributed by atoms with Gasteiger partial charge in [-0.05, 0) is 40.0 Å². The van der Waals surface area contributed by atoms with Crippen LogP contribution in [0.2, 0.25) is 0 Å². The molecule has 0 radical (unpaired) electrons. The molecular formula is C16H17BrN2S. The number of benzene rings is 2. The van der Waals surface area contributed by atoms with E-state index in [-0.39, 0.29) is 6.04 Å². The number of halogens is 1. The number of nitrogens with one attached hydrogen (secondary N) is 1. The Balaban J connectivity index is 2.33. The van der Waals surface area contributed by atoms with Gasteiger partial charge in [0, 0.05) is 15.7 Å². The lowest BCUT2D eigenvalue weighted by molar-refractivity contribution is 0.749. The first-order chi connectivity index (χ1) is 9.63. The predicted octanol–water partition coefficient (Wildman–Crippen LogP) is 4.65. The highest BCUT2D eigenvalue weighted by molar-refractivity contribution is 9.10. The van der Waals surface area contributed by atoms with Crippen LogP contribution in [0.4, 0.5) is 5.69 Å². The van der Waals surface area contributed by atoms with Crippen LogP contribution in [-0.4, -0.2) is 4.99 Å². The van der Waals surface area contributed by atoms with Crippen LogP contribution in [0.1, 0.15) is 30.5 Å². The fraction of sp³-hybridized carbons (Fsp3) is 0.188. The molecule has 0 bridgehead atoms. The Morgan fingerprint density at radius 3 is 2.50 bits per heavy atom. The van der Waals surface area contributed by atoms with Gasteiger partial charge in [-0.25, -0.2) is 0 Å². The molecule has 0 saturated carbocycles. The lowest BCUT2D eigenvalue weighted by Crippen LogP contribution is -2.16. The number of anilines is 1. The largest absolute Gasteiger partial charge is 0.389 e. The summed E-state index contributed by atoms with van der Waals surface area (Å²) >= 11 is 8.66. The zero-order valence-electron chi connectivity index (χ0n) is 11.3. The van der Waals surface area contributed by atoms with Crippen molar-refractivity contribution >= 4 is 38.8 Å². The molecule has 0 saturated heterocycles. The van der Waals surface area contributed by atoms with Crippen molar-refractivity contribution in [2.45, 2.75) is 19.4 Å². The van der Waals surface area contributed by atoms with Crippen molar-refractivity contribution in [3.8, 4) is 0 Å². The van der Waals surface area contributed by atoms with Crippen molar-refractivity contribution < 1.29 is 0 Å². The Hall–Kier alpha value is -1.39. The van der Waals surface area contributed by atoms with Gasteiger partial charge in [0.05, 0.1) is 6.04 Å². The lowest BCUT2D eigenvalue weighted by atomic mass is 10.0. The second-order valence-electron chi connectivity index (χ2n) is 4.54. The number of rotatable bonds is 5. The molecule has 3 N–H and O–H groups in total. The van der Waals surface area contributed by atoms with E-state index in [1.54, 1.807) is 0 Å². The SMILES string of the molecule is CCC(Nc1cccc(Br)c1C(N)=S)c1ccccc1. The molecule has 0 aliphatic carbocycles. The first-order valence-corrected chi connectivity index (χ1v) is 7.73. The van der Waals surface area contributed by atoms with Crippen molar-refractivity contribution in [2.24, 2.45) is 5.73 Å². The third-order valence-corrected chi connectivity index (χ3v) is 4.06. The maximum atomic E-state index is 5.83. The first kappa shape index (κ1) is 15.0.